The molecule has 3 heterocycles. The number of aromatic nitrogens is 3. The highest BCUT2D eigenvalue weighted by molar-refractivity contribution is 5.89. The van der Waals surface area contributed by atoms with Gasteiger partial charge in [-0.05, 0) is 36.8 Å². The summed E-state index contributed by atoms with van der Waals surface area (Å²) in [6.45, 7) is 1.99. The first kappa shape index (κ1) is 21.1. The van der Waals surface area contributed by atoms with Gasteiger partial charge in [-0.25, -0.2) is 14.8 Å². The van der Waals surface area contributed by atoms with Crippen molar-refractivity contribution in [1.29, 1.82) is 0 Å². The van der Waals surface area contributed by atoms with Gasteiger partial charge in [0.05, 0.1) is 12.2 Å². The van der Waals surface area contributed by atoms with E-state index >= 15 is 0 Å². The minimum atomic E-state index is -4.46. The average molecular weight is 433 g/mol. The summed E-state index contributed by atoms with van der Waals surface area (Å²) >= 11 is 0. The fourth-order valence-electron chi connectivity index (χ4n) is 3.82. The summed E-state index contributed by atoms with van der Waals surface area (Å²) in [7, 11) is 1.63. The van der Waals surface area contributed by atoms with E-state index in [4.69, 9.17) is 9.72 Å². The van der Waals surface area contributed by atoms with Crippen molar-refractivity contribution in [3.05, 3.63) is 54.0 Å². The van der Waals surface area contributed by atoms with Crippen LogP contribution in [0.25, 0.3) is 11.2 Å². The van der Waals surface area contributed by atoms with E-state index in [1.54, 1.807) is 18.2 Å². The molecule has 3 aromatic rings. The Morgan fingerprint density at radius 2 is 2.13 bits per heavy atom. The van der Waals surface area contributed by atoms with E-state index in [-0.39, 0.29) is 11.6 Å². The second kappa shape index (κ2) is 8.54. The summed E-state index contributed by atoms with van der Waals surface area (Å²) in [5.74, 6) is 0.832. The lowest BCUT2D eigenvalue weighted by Gasteiger charge is -2.18. The van der Waals surface area contributed by atoms with Gasteiger partial charge in [-0.1, -0.05) is 6.07 Å². The molecule has 0 unspecified atom stereocenters. The number of likely N-dealkylation sites (tertiary alicyclic amines) is 1. The number of urea groups is 1. The number of hydrogen-bond donors (Lipinski definition) is 1. The zero-order valence-corrected chi connectivity index (χ0v) is 16.9. The summed E-state index contributed by atoms with van der Waals surface area (Å²) in [5, 5.41) is 2.57. The maximum Gasteiger partial charge on any atom is 0.416 e. The second-order valence-corrected chi connectivity index (χ2v) is 7.40. The standard InChI is InChI=1S/C21H22F3N5O2/c1-31-11-10-29-18(27-17-6-3-8-25-19(17)29)14-7-9-28(13-14)20(30)26-16-5-2-4-15(12-16)21(22,23)24/h2-6,8,12,14H,7,9-11,13H2,1H3,(H,26,30)/t14-/m0/s1. The molecular weight excluding hydrogens is 411 g/mol. The van der Waals surface area contributed by atoms with E-state index in [9.17, 15) is 18.0 Å². The predicted molar refractivity (Wildman–Crippen MR) is 109 cm³/mol. The van der Waals surface area contributed by atoms with Crippen molar-refractivity contribution in [2.45, 2.75) is 25.1 Å². The van der Waals surface area contributed by atoms with E-state index in [0.29, 0.717) is 32.7 Å². The van der Waals surface area contributed by atoms with Crippen LogP contribution in [0, 0.1) is 0 Å². The zero-order chi connectivity index (χ0) is 22.0. The minimum absolute atomic E-state index is 0.00156. The van der Waals surface area contributed by atoms with Crippen molar-refractivity contribution in [3.63, 3.8) is 0 Å². The molecule has 1 N–H and O–H groups in total. The smallest absolute Gasteiger partial charge is 0.383 e. The number of nitrogens with zero attached hydrogens (tertiary/aromatic N) is 4. The van der Waals surface area contributed by atoms with Gasteiger partial charge in [-0.15, -0.1) is 0 Å². The van der Waals surface area contributed by atoms with Gasteiger partial charge in [0.15, 0.2) is 5.65 Å². The third-order valence-electron chi connectivity index (χ3n) is 5.33. The Labute approximate surface area is 176 Å². The Balaban J connectivity index is 1.49. The molecule has 0 aliphatic carbocycles. The van der Waals surface area contributed by atoms with Crippen LogP contribution >= 0.6 is 0 Å². The first-order valence-electron chi connectivity index (χ1n) is 9.90. The molecule has 7 nitrogen and oxygen atoms in total. The van der Waals surface area contributed by atoms with Crippen molar-refractivity contribution in [2.75, 3.05) is 32.1 Å². The van der Waals surface area contributed by atoms with Gasteiger partial charge in [0.2, 0.25) is 0 Å². The van der Waals surface area contributed by atoms with Crippen LogP contribution in [0.2, 0.25) is 0 Å². The molecule has 2 aromatic heterocycles. The number of pyridine rings is 1. The third kappa shape index (κ3) is 4.48. The van der Waals surface area contributed by atoms with Crippen LogP contribution in [-0.2, 0) is 17.5 Å². The van der Waals surface area contributed by atoms with E-state index in [1.165, 1.54) is 12.1 Å². The number of carbonyl (C=O) groups is 1. The molecule has 164 valence electrons. The number of halogens is 3. The van der Waals surface area contributed by atoms with Gasteiger partial charge >= 0.3 is 12.2 Å². The highest BCUT2D eigenvalue weighted by Gasteiger charge is 2.33. The quantitative estimate of drug-likeness (QED) is 0.657. The number of nitrogens with one attached hydrogen (secondary N) is 1. The second-order valence-electron chi connectivity index (χ2n) is 7.40. The molecule has 0 saturated carbocycles. The maximum atomic E-state index is 12.9. The summed E-state index contributed by atoms with van der Waals surface area (Å²) in [6.07, 6.45) is -2.05. The Bertz CT molecular complexity index is 1080. The fraction of sp³-hybridized carbons (Fsp3) is 0.381. The van der Waals surface area contributed by atoms with Crippen molar-refractivity contribution < 1.29 is 22.7 Å². The number of imidazole rings is 1. The lowest BCUT2D eigenvalue weighted by molar-refractivity contribution is -0.137. The lowest BCUT2D eigenvalue weighted by atomic mass is 10.1. The Morgan fingerprint density at radius 3 is 2.90 bits per heavy atom. The van der Waals surface area contributed by atoms with Crippen LogP contribution in [0.3, 0.4) is 0 Å². The zero-order valence-electron chi connectivity index (χ0n) is 16.9. The van der Waals surface area contributed by atoms with E-state index in [1.807, 2.05) is 16.7 Å². The molecule has 1 aliphatic rings. The van der Waals surface area contributed by atoms with Crippen molar-refractivity contribution in [1.82, 2.24) is 19.4 Å². The Hall–Kier alpha value is -3.14. The van der Waals surface area contributed by atoms with Gasteiger partial charge in [-0.2, -0.15) is 13.2 Å². The number of benzene rings is 1. The Morgan fingerprint density at radius 1 is 1.29 bits per heavy atom. The van der Waals surface area contributed by atoms with E-state index in [2.05, 4.69) is 10.3 Å². The lowest BCUT2D eigenvalue weighted by Crippen LogP contribution is -2.33. The molecule has 0 radical (unpaired) electrons. The van der Waals surface area contributed by atoms with Crippen molar-refractivity contribution in [3.8, 4) is 0 Å². The monoisotopic (exact) mass is 433 g/mol. The number of rotatable bonds is 5. The van der Waals surface area contributed by atoms with Gasteiger partial charge in [0.1, 0.15) is 11.3 Å². The minimum Gasteiger partial charge on any atom is -0.383 e. The summed E-state index contributed by atoms with van der Waals surface area (Å²) in [5.41, 5.74) is 0.852. The molecule has 1 aromatic carbocycles. The first-order chi connectivity index (χ1) is 14.9. The van der Waals surface area contributed by atoms with E-state index < -0.39 is 17.8 Å². The number of methoxy groups -OCH3 is 1. The van der Waals surface area contributed by atoms with Gasteiger partial charge in [0, 0.05) is 44.5 Å². The topological polar surface area (TPSA) is 72.3 Å². The predicted octanol–water partition coefficient (Wildman–Crippen LogP) is 4.12. The maximum absolute atomic E-state index is 12.9. The molecule has 1 fully saturated rings. The molecule has 1 atom stereocenters. The largest absolute Gasteiger partial charge is 0.416 e. The van der Waals surface area contributed by atoms with Crippen LogP contribution in [0.1, 0.15) is 23.7 Å². The first-order valence-corrected chi connectivity index (χ1v) is 9.90. The third-order valence-corrected chi connectivity index (χ3v) is 5.33. The van der Waals surface area contributed by atoms with Crippen molar-refractivity contribution >= 4 is 22.9 Å². The molecule has 0 bridgehead atoms. The Kier molecular flexibility index (Phi) is 5.81. The van der Waals surface area contributed by atoms with Crippen LogP contribution in [0.4, 0.5) is 23.7 Å². The molecule has 1 saturated heterocycles. The number of ether oxygens (including phenoxy) is 1. The molecule has 1 aliphatic heterocycles. The number of amides is 2. The molecule has 4 rings (SSSR count). The normalized spacial score (nSPS) is 16.8. The van der Waals surface area contributed by atoms with Crippen molar-refractivity contribution in [2.24, 2.45) is 0 Å². The highest BCUT2D eigenvalue weighted by atomic mass is 19.4. The van der Waals surface area contributed by atoms with E-state index in [0.717, 1.165) is 29.1 Å². The molecular formula is C21H22F3N5O2. The molecule has 31 heavy (non-hydrogen) atoms. The van der Waals surface area contributed by atoms with Crippen LogP contribution < -0.4 is 5.32 Å². The average Bonchev–Trinajstić information content (AvgIpc) is 3.37. The van der Waals surface area contributed by atoms with Gasteiger partial charge in [0.25, 0.3) is 0 Å². The van der Waals surface area contributed by atoms with Gasteiger partial charge < -0.3 is 19.5 Å². The van der Waals surface area contributed by atoms with Crippen LogP contribution in [0.15, 0.2) is 42.6 Å². The molecule has 0 spiro atoms. The fourth-order valence-corrected chi connectivity index (χ4v) is 3.82. The molecule has 2 amide bonds. The number of anilines is 1. The number of carbonyl (C=O) groups excluding carboxylic acids is 1. The van der Waals surface area contributed by atoms with Crippen LogP contribution in [-0.4, -0.2) is 52.3 Å². The highest BCUT2D eigenvalue weighted by Crippen LogP contribution is 2.32. The SMILES string of the molecule is COCCn1c([C@H]2CCN(C(=O)Nc3cccc(C(F)(F)F)c3)C2)nc2cccnc21. The molecule has 10 heteroatoms. The summed E-state index contributed by atoms with van der Waals surface area (Å²) in [4.78, 5) is 23.4. The number of alkyl halides is 3. The summed E-state index contributed by atoms with van der Waals surface area (Å²) in [6, 6.07) is 7.90. The summed E-state index contributed by atoms with van der Waals surface area (Å²) < 4.78 is 46.0. The number of hydrogen-bond acceptors (Lipinski definition) is 4. The van der Waals surface area contributed by atoms with Crippen LogP contribution in [0.5, 0.6) is 0 Å². The van der Waals surface area contributed by atoms with Gasteiger partial charge in [-0.3, -0.25) is 0 Å². The number of fused-ring (bicyclic) bond motifs is 1.